The van der Waals surface area contributed by atoms with E-state index in [1.165, 1.54) is 11.8 Å². The molecule has 1 saturated carbocycles. The van der Waals surface area contributed by atoms with E-state index in [4.69, 9.17) is 4.52 Å². The highest BCUT2D eigenvalue weighted by molar-refractivity contribution is 5.54. The van der Waals surface area contributed by atoms with Gasteiger partial charge in [-0.3, -0.25) is 4.98 Å². The van der Waals surface area contributed by atoms with Crippen LogP contribution in [0.5, 0.6) is 5.75 Å². The smallest absolute Gasteiger partial charge is 0.259 e. The molecular formula is C16H13N3O2. The summed E-state index contributed by atoms with van der Waals surface area (Å²) in [6, 6.07) is 11.8. The number of pyridine rings is 1. The topological polar surface area (TPSA) is 72.0 Å². The van der Waals surface area contributed by atoms with Crippen LogP contribution in [0.3, 0.4) is 0 Å². The largest absolute Gasteiger partial charge is 0.506 e. The third-order valence-electron chi connectivity index (χ3n) is 3.90. The molecule has 0 amide bonds. The van der Waals surface area contributed by atoms with Crippen molar-refractivity contribution in [3.8, 4) is 17.2 Å². The van der Waals surface area contributed by atoms with Gasteiger partial charge in [-0.1, -0.05) is 35.5 Å². The Kier molecular flexibility index (Phi) is 2.54. The van der Waals surface area contributed by atoms with Crippen molar-refractivity contribution in [2.24, 2.45) is 0 Å². The number of aromatic hydroxyl groups is 1. The monoisotopic (exact) mass is 279 g/mol. The van der Waals surface area contributed by atoms with Crippen LogP contribution in [-0.2, 0) is 5.41 Å². The van der Waals surface area contributed by atoms with Gasteiger partial charge in [0.05, 0.1) is 17.2 Å². The average molecular weight is 279 g/mol. The van der Waals surface area contributed by atoms with E-state index in [9.17, 15) is 5.11 Å². The molecule has 1 aromatic carbocycles. The summed E-state index contributed by atoms with van der Waals surface area (Å²) in [6.45, 7) is 0. The predicted molar refractivity (Wildman–Crippen MR) is 75.6 cm³/mol. The van der Waals surface area contributed by atoms with Crippen LogP contribution in [0.15, 0.2) is 53.3 Å². The number of rotatable bonds is 3. The Bertz CT molecular complexity index is 779. The predicted octanol–water partition coefficient (Wildman–Crippen LogP) is 2.92. The summed E-state index contributed by atoms with van der Waals surface area (Å²) in [5.74, 6) is 1.17. The Hall–Kier alpha value is -2.69. The lowest BCUT2D eigenvalue weighted by molar-refractivity contribution is 0.417. The van der Waals surface area contributed by atoms with Gasteiger partial charge in [0, 0.05) is 6.20 Å². The van der Waals surface area contributed by atoms with Crippen LogP contribution >= 0.6 is 0 Å². The van der Waals surface area contributed by atoms with Crippen LogP contribution in [0.1, 0.15) is 24.2 Å². The minimum Gasteiger partial charge on any atom is -0.506 e. The molecule has 1 N–H and O–H groups in total. The fourth-order valence-electron chi connectivity index (χ4n) is 2.60. The van der Waals surface area contributed by atoms with Crippen LogP contribution in [0.25, 0.3) is 11.5 Å². The van der Waals surface area contributed by atoms with E-state index in [0.717, 1.165) is 12.8 Å². The molecule has 1 aliphatic carbocycles. The van der Waals surface area contributed by atoms with Gasteiger partial charge in [-0.2, -0.15) is 4.98 Å². The molecule has 0 bridgehead atoms. The van der Waals surface area contributed by atoms with Gasteiger partial charge < -0.3 is 9.63 Å². The molecular weight excluding hydrogens is 266 g/mol. The van der Waals surface area contributed by atoms with Crippen LogP contribution in [0.2, 0.25) is 0 Å². The Labute approximate surface area is 121 Å². The molecule has 1 aliphatic rings. The average Bonchev–Trinajstić information content (AvgIpc) is 3.18. The van der Waals surface area contributed by atoms with Gasteiger partial charge in [0.1, 0.15) is 5.75 Å². The van der Waals surface area contributed by atoms with Crippen LogP contribution in [-0.4, -0.2) is 20.2 Å². The molecule has 4 rings (SSSR count). The molecule has 2 heterocycles. The van der Waals surface area contributed by atoms with E-state index in [2.05, 4.69) is 27.3 Å². The molecule has 21 heavy (non-hydrogen) atoms. The van der Waals surface area contributed by atoms with Crippen LogP contribution in [0.4, 0.5) is 0 Å². The lowest BCUT2D eigenvalue weighted by Crippen LogP contribution is -2.10. The van der Waals surface area contributed by atoms with Gasteiger partial charge in [0.25, 0.3) is 5.89 Å². The van der Waals surface area contributed by atoms with Crippen molar-refractivity contribution in [2.75, 3.05) is 0 Å². The maximum Gasteiger partial charge on any atom is 0.259 e. The second-order valence-corrected chi connectivity index (χ2v) is 5.30. The molecule has 5 heteroatoms. The molecule has 0 radical (unpaired) electrons. The van der Waals surface area contributed by atoms with E-state index in [1.807, 2.05) is 18.2 Å². The standard InChI is InChI=1S/C16H13N3O2/c20-13-8-11(9-17-10-13)14-18-15(19-21-14)16(6-7-16)12-4-2-1-3-5-12/h1-5,8-10,20H,6-7H2. The van der Waals surface area contributed by atoms with Crippen LogP contribution in [0, 0.1) is 0 Å². The number of aromatic nitrogens is 3. The first-order chi connectivity index (χ1) is 10.3. The maximum atomic E-state index is 9.48. The first kappa shape index (κ1) is 12.1. The van der Waals surface area contributed by atoms with E-state index in [-0.39, 0.29) is 11.2 Å². The number of nitrogens with zero attached hydrogens (tertiary/aromatic N) is 3. The summed E-state index contributed by atoms with van der Waals surface area (Å²) in [4.78, 5) is 8.43. The van der Waals surface area contributed by atoms with Crippen molar-refractivity contribution in [1.82, 2.24) is 15.1 Å². The Morgan fingerprint density at radius 1 is 1.10 bits per heavy atom. The number of hydrogen-bond acceptors (Lipinski definition) is 5. The van der Waals surface area contributed by atoms with Gasteiger partial charge in [0.15, 0.2) is 5.82 Å². The van der Waals surface area contributed by atoms with E-state index in [0.29, 0.717) is 17.3 Å². The SMILES string of the molecule is Oc1cncc(-c2nc(C3(c4ccccc4)CC3)no2)c1. The summed E-state index contributed by atoms with van der Waals surface area (Å²) in [7, 11) is 0. The summed E-state index contributed by atoms with van der Waals surface area (Å²) in [5, 5.41) is 13.6. The van der Waals surface area contributed by atoms with Crippen LogP contribution < -0.4 is 0 Å². The Balaban J connectivity index is 1.72. The molecule has 0 spiro atoms. The summed E-state index contributed by atoms with van der Waals surface area (Å²) >= 11 is 0. The zero-order valence-electron chi connectivity index (χ0n) is 11.2. The lowest BCUT2D eigenvalue weighted by atomic mass is 9.95. The maximum absolute atomic E-state index is 9.48. The first-order valence-corrected chi connectivity index (χ1v) is 6.82. The molecule has 0 unspecified atom stereocenters. The van der Waals surface area contributed by atoms with Gasteiger partial charge in [-0.15, -0.1) is 0 Å². The molecule has 2 aromatic heterocycles. The molecule has 5 nitrogen and oxygen atoms in total. The second kappa shape index (κ2) is 4.41. The van der Waals surface area contributed by atoms with Gasteiger partial charge in [-0.25, -0.2) is 0 Å². The fraction of sp³-hybridized carbons (Fsp3) is 0.188. The van der Waals surface area contributed by atoms with Crippen molar-refractivity contribution in [2.45, 2.75) is 18.3 Å². The minimum absolute atomic E-state index is 0.0800. The Morgan fingerprint density at radius 3 is 2.62 bits per heavy atom. The molecule has 0 atom stereocenters. The van der Waals surface area contributed by atoms with Crippen molar-refractivity contribution < 1.29 is 9.63 Å². The quantitative estimate of drug-likeness (QED) is 0.798. The molecule has 1 fully saturated rings. The summed E-state index contributed by atoms with van der Waals surface area (Å²) < 4.78 is 5.34. The van der Waals surface area contributed by atoms with Crippen molar-refractivity contribution in [3.05, 3.63) is 60.2 Å². The zero-order chi connectivity index (χ0) is 14.3. The summed E-state index contributed by atoms with van der Waals surface area (Å²) in [6.07, 6.45) is 5.01. The molecule has 3 aromatic rings. The minimum atomic E-state index is -0.118. The summed E-state index contributed by atoms with van der Waals surface area (Å²) in [5.41, 5.74) is 1.72. The van der Waals surface area contributed by atoms with Gasteiger partial charge in [-0.05, 0) is 24.5 Å². The second-order valence-electron chi connectivity index (χ2n) is 5.30. The van der Waals surface area contributed by atoms with E-state index < -0.39 is 0 Å². The van der Waals surface area contributed by atoms with Gasteiger partial charge in [0.2, 0.25) is 0 Å². The van der Waals surface area contributed by atoms with E-state index >= 15 is 0 Å². The first-order valence-electron chi connectivity index (χ1n) is 6.82. The van der Waals surface area contributed by atoms with Crippen molar-refractivity contribution in [3.63, 3.8) is 0 Å². The third-order valence-corrected chi connectivity index (χ3v) is 3.90. The lowest BCUT2D eigenvalue weighted by Gasteiger charge is -2.09. The van der Waals surface area contributed by atoms with E-state index in [1.54, 1.807) is 12.3 Å². The van der Waals surface area contributed by atoms with Crippen molar-refractivity contribution in [1.29, 1.82) is 0 Å². The van der Waals surface area contributed by atoms with Crippen molar-refractivity contribution >= 4 is 0 Å². The normalized spacial score (nSPS) is 15.8. The molecule has 0 aliphatic heterocycles. The third kappa shape index (κ3) is 1.98. The highest BCUT2D eigenvalue weighted by Crippen LogP contribution is 2.52. The highest BCUT2D eigenvalue weighted by Gasteiger charge is 2.49. The highest BCUT2D eigenvalue weighted by atomic mass is 16.5. The number of benzene rings is 1. The number of hydrogen-bond donors (Lipinski definition) is 1. The zero-order valence-corrected chi connectivity index (χ0v) is 11.2. The van der Waals surface area contributed by atoms with Gasteiger partial charge >= 0.3 is 0 Å². The fourth-order valence-corrected chi connectivity index (χ4v) is 2.60. The molecule has 0 saturated heterocycles. The molecule has 104 valence electrons. The Morgan fingerprint density at radius 2 is 1.90 bits per heavy atom.